The highest BCUT2D eigenvalue weighted by atomic mass is 35.5. The fourth-order valence-corrected chi connectivity index (χ4v) is 3.19. The van der Waals surface area contributed by atoms with Crippen molar-refractivity contribution in [2.24, 2.45) is 0 Å². The smallest absolute Gasteiger partial charge is 0.240 e. The first-order valence-electron chi connectivity index (χ1n) is 7.40. The lowest BCUT2D eigenvalue weighted by Gasteiger charge is -2.30. The van der Waals surface area contributed by atoms with E-state index in [2.05, 4.69) is 35.8 Å². The van der Waals surface area contributed by atoms with Crippen molar-refractivity contribution < 1.29 is 9.53 Å². The molecule has 0 saturated carbocycles. The fourth-order valence-electron chi connectivity index (χ4n) is 3.19. The van der Waals surface area contributed by atoms with Gasteiger partial charge in [0.1, 0.15) is 6.04 Å². The second kappa shape index (κ2) is 6.77. The van der Waals surface area contributed by atoms with Gasteiger partial charge in [-0.3, -0.25) is 4.79 Å². The number of rotatable bonds is 2. The number of halogens is 1. The molecule has 3 rings (SSSR count). The van der Waals surface area contributed by atoms with Gasteiger partial charge >= 0.3 is 0 Å². The van der Waals surface area contributed by atoms with Crippen LogP contribution in [-0.2, 0) is 16.0 Å². The number of nitrogens with one attached hydrogen (secondary N) is 2. The van der Waals surface area contributed by atoms with E-state index in [1.165, 1.54) is 16.7 Å². The summed E-state index contributed by atoms with van der Waals surface area (Å²) < 4.78 is 5.54. The Morgan fingerprint density at radius 1 is 1.43 bits per heavy atom. The highest BCUT2D eigenvalue weighted by molar-refractivity contribution is 5.85. The molecule has 5 heteroatoms. The Bertz CT molecular complexity index is 521. The van der Waals surface area contributed by atoms with E-state index in [-0.39, 0.29) is 36.5 Å². The van der Waals surface area contributed by atoms with Crippen LogP contribution in [0.2, 0.25) is 0 Å². The van der Waals surface area contributed by atoms with Crippen LogP contribution in [0.15, 0.2) is 18.2 Å². The lowest BCUT2D eigenvalue weighted by Crippen LogP contribution is -2.55. The van der Waals surface area contributed by atoms with Crippen molar-refractivity contribution in [1.82, 2.24) is 10.6 Å². The third-order valence-electron chi connectivity index (χ3n) is 4.29. The van der Waals surface area contributed by atoms with Gasteiger partial charge in [-0.05, 0) is 37.8 Å². The molecule has 21 heavy (non-hydrogen) atoms. The van der Waals surface area contributed by atoms with Crippen LogP contribution in [0.4, 0.5) is 0 Å². The van der Waals surface area contributed by atoms with Gasteiger partial charge in [0.2, 0.25) is 5.91 Å². The molecule has 116 valence electrons. The predicted molar refractivity (Wildman–Crippen MR) is 84.8 cm³/mol. The van der Waals surface area contributed by atoms with Crippen LogP contribution in [-0.4, -0.2) is 31.2 Å². The second-order valence-corrected chi connectivity index (χ2v) is 5.81. The van der Waals surface area contributed by atoms with Gasteiger partial charge in [0.05, 0.1) is 18.8 Å². The standard InChI is InChI=1S/C16H22N2O2.ClH/c1-10-3-5-13-12(9-10)4-6-14(13)18-16(19)15-11(2)20-8-7-17-15;/h3,5,9,11,14-15,17H,4,6-8H2,1-2H3,(H,18,19);1H/t11-,14?,15+;/m1./s1. The maximum atomic E-state index is 12.4. The van der Waals surface area contributed by atoms with Crippen LogP contribution in [0.1, 0.15) is 36.1 Å². The van der Waals surface area contributed by atoms with Crippen LogP contribution in [0.3, 0.4) is 0 Å². The second-order valence-electron chi connectivity index (χ2n) is 5.81. The number of ether oxygens (including phenoxy) is 1. The molecule has 1 aliphatic carbocycles. The zero-order valence-electron chi connectivity index (χ0n) is 12.5. The number of fused-ring (bicyclic) bond motifs is 1. The van der Waals surface area contributed by atoms with Crippen LogP contribution in [0, 0.1) is 6.92 Å². The summed E-state index contributed by atoms with van der Waals surface area (Å²) in [6, 6.07) is 6.41. The van der Waals surface area contributed by atoms with Crippen LogP contribution in [0.25, 0.3) is 0 Å². The average molecular weight is 311 g/mol. The summed E-state index contributed by atoms with van der Waals surface area (Å²) in [6.45, 7) is 5.47. The third kappa shape index (κ3) is 3.39. The zero-order valence-corrected chi connectivity index (χ0v) is 13.3. The summed E-state index contributed by atoms with van der Waals surface area (Å²) >= 11 is 0. The zero-order chi connectivity index (χ0) is 14.1. The minimum absolute atomic E-state index is 0. The Hall–Kier alpha value is -1.10. The maximum Gasteiger partial charge on any atom is 0.240 e. The van der Waals surface area contributed by atoms with Crippen LogP contribution < -0.4 is 10.6 Å². The Kier molecular flexibility index (Phi) is 5.25. The first kappa shape index (κ1) is 16.3. The molecular weight excluding hydrogens is 288 g/mol. The van der Waals surface area contributed by atoms with Crippen molar-refractivity contribution >= 4 is 18.3 Å². The molecule has 3 atom stereocenters. The number of amides is 1. The van der Waals surface area contributed by atoms with Crippen molar-refractivity contribution in [2.45, 2.75) is 44.9 Å². The molecule has 1 saturated heterocycles. The molecular formula is C16H23ClN2O2. The number of carbonyl (C=O) groups is 1. The van der Waals surface area contributed by atoms with Gasteiger partial charge in [0, 0.05) is 6.54 Å². The third-order valence-corrected chi connectivity index (χ3v) is 4.29. The summed E-state index contributed by atoms with van der Waals surface area (Å²) in [5.41, 5.74) is 3.93. The molecule has 1 aromatic carbocycles. The molecule has 0 bridgehead atoms. The van der Waals surface area contributed by atoms with E-state index < -0.39 is 0 Å². The molecule has 2 aliphatic rings. The van der Waals surface area contributed by atoms with E-state index >= 15 is 0 Å². The number of hydrogen-bond donors (Lipinski definition) is 2. The molecule has 2 N–H and O–H groups in total. The molecule has 1 aromatic rings. The quantitative estimate of drug-likeness (QED) is 0.877. The van der Waals surface area contributed by atoms with Gasteiger partial charge in [-0.25, -0.2) is 0 Å². The molecule has 0 aromatic heterocycles. The van der Waals surface area contributed by atoms with E-state index in [0.29, 0.717) is 6.61 Å². The molecule has 1 fully saturated rings. The topological polar surface area (TPSA) is 50.4 Å². The van der Waals surface area contributed by atoms with Gasteiger partial charge in [-0.2, -0.15) is 0 Å². The van der Waals surface area contributed by atoms with Gasteiger partial charge in [0.15, 0.2) is 0 Å². The van der Waals surface area contributed by atoms with Crippen molar-refractivity contribution in [3.05, 3.63) is 34.9 Å². The summed E-state index contributed by atoms with van der Waals surface area (Å²) in [6.07, 6.45) is 1.97. The molecule has 1 amide bonds. The van der Waals surface area contributed by atoms with E-state index in [9.17, 15) is 4.79 Å². The predicted octanol–water partition coefficient (Wildman–Crippen LogP) is 1.90. The number of hydrogen-bond acceptors (Lipinski definition) is 3. The first-order valence-corrected chi connectivity index (χ1v) is 7.40. The fraction of sp³-hybridized carbons (Fsp3) is 0.562. The Morgan fingerprint density at radius 2 is 2.24 bits per heavy atom. The number of aryl methyl sites for hydroxylation is 2. The van der Waals surface area contributed by atoms with Gasteiger partial charge < -0.3 is 15.4 Å². The number of carbonyl (C=O) groups excluding carboxylic acids is 1. The van der Waals surface area contributed by atoms with Crippen LogP contribution >= 0.6 is 12.4 Å². The normalized spacial score (nSPS) is 27.6. The molecule has 0 spiro atoms. The molecule has 0 radical (unpaired) electrons. The minimum atomic E-state index is -0.238. The highest BCUT2D eigenvalue weighted by Crippen LogP contribution is 2.31. The molecule has 1 heterocycles. The molecule has 1 unspecified atom stereocenters. The lowest BCUT2D eigenvalue weighted by atomic mass is 10.0. The Balaban J connectivity index is 0.00000161. The monoisotopic (exact) mass is 310 g/mol. The average Bonchev–Trinajstić information content (AvgIpc) is 2.81. The maximum absolute atomic E-state index is 12.4. The van der Waals surface area contributed by atoms with E-state index in [4.69, 9.17) is 4.74 Å². The van der Waals surface area contributed by atoms with Crippen molar-refractivity contribution in [3.63, 3.8) is 0 Å². The SMILES string of the molecule is Cc1ccc2c(c1)CCC2NC(=O)[C@H]1NCCO[C@@H]1C.Cl. The van der Waals surface area contributed by atoms with E-state index in [0.717, 1.165) is 19.4 Å². The summed E-state index contributed by atoms with van der Waals surface area (Å²) in [5, 5.41) is 6.41. The van der Waals surface area contributed by atoms with Gasteiger partial charge in [-0.1, -0.05) is 23.8 Å². The summed E-state index contributed by atoms with van der Waals surface area (Å²) in [4.78, 5) is 12.4. The van der Waals surface area contributed by atoms with Crippen molar-refractivity contribution in [1.29, 1.82) is 0 Å². The summed E-state index contributed by atoms with van der Waals surface area (Å²) in [7, 11) is 0. The minimum Gasteiger partial charge on any atom is -0.375 e. The van der Waals surface area contributed by atoms with Gasteiger partial charge in [0.25, 0.3) is 0 Å². The molecule has 4 nitrogen and oxygen atoms in total. The van der Waals surface area contributed by atoms with Crippen LogP contribution in [0.5, 0.6) is 0 Å². The van der Waals surface area contributed by atoms with Gasteiger partial charge in [-0.15, -0.1) is 12.4 Å². The van der Waals surface area contributed by atoms with E-state index in [1.807, 2.05) is 6.92 Å². The Morgan fingerprint density at radius 3 is 3.00 bits per heavy atom. The summed E-state index contributed by atoms with van der Waals surface area (Å²) in [5.74, 6) is 0.0515. The number of morpholine rings is 1. The van der Waals surface area contributed by atoms with E-state index in [1.54, 1.807) is 0 Å². The van der Waals surface area contributed by atoms with Crippen molar-refractivity contribution in [3.8, 4) is 0 Å². The lowest BCUT2D eigenvalue weighted by molar-refractivity contribution is -0.129. The number of benzene rings is 1. The Labute approximate surface area is 132 Å². The largest absolute Gasteiger partial charge is 0.375 e. The first-order chi connectivity index (χ1) is 9.65. The molecule has 1 aliphatic heterocycles. The highest BCUT2D eigenvalue weighted by Gasteiger charge is 2.31. The van der Waals surface area contributed by atoms with Crippen molar-refractivity contribution in [2.75, 3.05) is 13.2 Å².